The maximum atomic E-state index is 10.5. The van der Waals surface area contributed by atoms with Crippen molar-refractivity contribution in [2.24, 2.45) is 4.99 Å². The lowest BCUT2D eigenvalue weighted by atomic mass is 10.0. The highest BCUT2D eigenvalue weighted by Crippen LogP contribution is 2.28. The number of hydrogen-bond donors (Lipinski definition) is 2. The monoisotopic (exact) mass is 351 g/mol. The van der Waals surface area contributed by atoms with Crippen LogP contribution in [-0.4, -0.2) is 59.8 Å². The van der Waals surface area contributed by atoms with Crippen LogP contribution in [0.1, 0.15) is 25.8 Å². The van der Waals surface area contributed by atoms with E-state index >= 15 is 0 Å². The van der Waals surface area contributed by atoms with E-state index in [2.05, 4.69) is 34.3 Å². The average molecular weight is 352 g/mol. The summed E-state index contributed by atoms with van der Waals surface area (Å²) in [7, 11) is 2.02. The van der Waals surface area contributed by atoms with Crippen molar-refractivity contribution >= 4 is 17.7 Å². The lowest BCUT2D eigenvalue weighted by Gasteiger charge is -2.25. The van der Waals surface area contributed by atoms with E-state index in [-0.39, 0.29) is 0 Å². The van der Waals surface area contributed by atoms with E-state index in [1.165, 1.54) is 5.56 Å². The predicted molar refractivity (Wildman–Crippen MR) is 102 cm³/mol. The van der Waals surface area contributed by atoms with Gasteiger partial charge >= 0.3 is 0 Å². The fraction of sp³-hybridized carbons (Fsp3) is 0.611. The SMILES string of the molecule is CCNC(=NCC1(O)CCSC1)N(C)Cc1ccc(OCC)cc1. The minimum absolute atomic E-state index is 0.454. The molecule has 24 heavy (non-hydrogen) atoms. The molecule has 1 atom stereocenters. The fourth-order valence-electron chi connectivity index (χ4n) is 2.62. The van der Waals surface area contributed by atoms with Crippen LogP contribution in [0.15, 0.2) is 29.3 Å². The first-order valence-electron chi connectivity index (χ1n) is 8.57. The zero-order valence-electron chi connectivity index (χ0n) is 14.9. The third-order valence-electron chi connectivity index (χ3n) is 3.96. The average Bonchev–Trinajstić information content (AvgIpc) is 3.00. The summed E-state index contributed by atoms with van der Waals surface area (Å²) in [6.07, 6.45) is 0.823. The van der Waals surface area contributed by atoms with Gasteiger partial charge in [0.2, 0.25) is 0 Å². The Morgan fingerprint density at radius 1 is 1.38 bits per heavy atom. The second-order valence-corrected chi connectivity index (χ2v) is 7.24. The van der Waals surface area contributed by atoms with Gasteiger partial charge in [-0.3, -0.25) is 4.99 Å². The quantitative estimate of drug-likeness (QED) is 0.583. The predicted octanol–water partition coefficient (Wildman–Crippen LogP) is 2.35. The summed E-state index contributed by atoms with van der Waals surface area (Å²) in [5.41, 5.74) is 0.549. The number of ether oxygens (including phenoxy) is 1. The van der Waals surface area contributed by atoms with Crippen LogP contribution >= 0.6 is 11.8 Å². The van der Waals surface area contributed by atoms with Gasteiger partial charge in [-0.1, -0.05) is 12.1 Å². The van der Waals surface area contributed by atoms with Crippen LogP contribution in [0.2, 0.25) is 0 Å². The fourth-order valence-corrected chi connectivity index (χ4v) is 3.90. The van der Waals surface area contributed by atoms with Crippen LogP contribution in [0, 0.1) is 0 Å². The van der Waals surface area contributed by atoms with Gasteiger partial charge in [0, 0.05) is 25.9 Å². The lowest BCUT2D eigenvalue weighted by Crippen LogP contribution is -2.41. The maximum Gasteiger partial charge on any atom is 0.194 e. The molecule has 2 rings (SSSR count). The molecule has 1 aromatic carbocycles. The van der Waals surface area contributed by atoms with E-state index in [1.807, 2.05) is 26.1 Å². The van der Waals surface area contributed by atoms with Crippen molar-refractivity contribution in [3.8, 4) is 5.75 Å². The second kappa shape index (κ2) is 9.18. The van der Waals surface area contributed by atoms with E-state index in [4.69, 9.17) is 4.74 Å². The highest BCUT2D eigenvalue weighted by molar-refractivity contribution is 7.99. The summed E-state index contributed by atoms with van der Waals surface area (Å²) in [4.78, 5) is 6.74. The molecule has 2 N–H and O–H groups in total. The van der Waals surface area contributed by atoms with Gasteiger partial charge in [-0.2, -0.15) is 11.8 Å². The van der Waals surface area contributed by atoms with Crippen molar-refractivity contribution in [1.82, 2.24) is 10.2 Å². The van der Waals surface area contributed by atoms with E-state index in [0.29, 0.717) is 13.2 Å². The zero-order chi connectivity index (χ0) is 17.4. The second-order valence-electron chi connectivity index (χ2n) is 6.13. The molecule has 1 heterocycles. The van der Waals surface area contributed by atoms with E-state index in [1.54, 1.807) is 11.8 Å². The smallest absolute Gasteiger partial charge is 0.194 e. The topological polar surface area (TPSA) is 57.1 Å². The molecule has 1 fully saturated rings. The Morgan fingerprint density at radius 3 is 2.71 bits per heavy atom. The summed E-state index contributed by atoms with van der Waals surface area (Å²) in [5.74, 6) is 3.52. The molecule has 0 saturated carbocycles. The number of thioether (sulfide) groups is 1. The Bertz CT molecular complexity index is 528. The molecule has 5 nitrogen and oxygen atoms in total. The number of benzene rings is 1. The largest absolute Gasteiger partial charge is 0.494 e. The Balaban J connectivity index is 1.98. The lowest BCUT2D eigenvalue weighted by molar-refractivity contribution is 0.0776. The van der Waals surface area contributed by atoms with Gasteiger partial charge < -0.3 is 20.1 Å². The van der Waals surface area contributed by atoms with E-state index in [0.717, 1.165) is 42.7 Å². The Hall–Kier alpha value is -1.40. The number of hydrogen-bond acceptors (Lipinski definition) is 4. The van der Waals surface area contributed by atoms with Gasteiger partial charge in [-0.05, 0) is 43.7 Å². The van der Waals surface area contributed by atoms with Crippen LogP contribution in [0.25, 0.3) is 0 Å². The Labute approximate surface area is 149 Å². The minimum atomic E-state index is -0.648. The van der Waals surface area contributed by atoms with Gasteiger partial charge in [0.05, 0.1) is 18.8 Å². The molecule has 1 aliphatic heterocycles. The zero-order valence-corrected chi connectivity index (χ0v) is 15.7. The number of aliphatic imine (C=N–C) groups is 1. The van der Waals surface area contributed by atoms with Gasteiger partial charge in [-0.15, -0.1) is 0 Å². The van der Waals surface area contributed by atoms with E-state index < -0.39 is 5.60 Å². The van der Waals surface area contributed by atoms with Crippen molar-refractivity contribution in [1.29, 1.82) is 0 Å². The van der Waals surface area contributed by atoms with Crippen molar-refractivity contribution in [2.75, 3.05) is 38.2 Å². The molecule has 1 aromatic rings. The molecule has 0 spiro atoms. The van der Waals surface area contributed by atoms with Crippen LogP contribution in [-0.2, 0) is 6.54 Å². The highest BCUT2D eigenvalue weighted by Gasteiger charge is 2.31. The molecule has 134 valence electrons. The number of guanidine groups is 1. The maximum absolute atomic E-state index is 10.5. The molecule has 0 aromatic heterocycles. The first kappa shape index (κ1) is 18.9. The third kappa shape index (κ3) is 5.60. The summed E-state index contributed by atoms with van der Waals surface area (Å²) in [5, 5.41) is 13.8. The third-order valence-corrected chi connectivity index (χ3v) is 5.19. The number of nitrogens with zero attached hydrogens (tertiary/aromatic N) is 2. The molecule has 1 aliphatic rings. The number of rotatable bonds is 7. The number of aliphatic hydroxyl groups is 1. The standard InChI is InChI=1S/C18H29N3O2S/c1-4-19-17(20-13-18(22)10-11-24-14-18)21(3)12-15-6-8-16(9-7-15)23-5-2/h6-9,22H,4-5,10-14H2,1-3H3,(H,19,20). The first-order chi connectivity index (χ1) is 11.6. The summed E-state index contributed by atoms with van der Waals surface area (Å²) in [6, 6.07) is 8.14. The molecule has 0 radical (unpaired) electrons. The van der Waals surface area contributed by atoms with Crippen LogP contribution in [0.5, 0.6) is 5.75 Å². The molecule has 6 heteroatoms. The van der Waals surface area contributed by atoms with Crippen molar-refractivity contribution in [3.05, 3.63) is 29.8 Å². The van der Waals surface area contributed by atoms with Crippen molar-refractivity contribution in [2.45, 2.75) is 32.4 Å². The van der Waals surface area contributed by atoms with Gasteiger partial charge in [0.15, 0.2) is 5.96 Å². The molecule has 0 bridgehead atoms. The Morgan fingerprint density at radius 2 is 2.12 bits per heavy atom. The van der Waals surface area contributed by atoms with Gasteiger partial charge in [0.25, 0.3) is 0 Å². The molecule has 1 unspecified atom stereocenters. The van der Waals surface area contributed by atoms with Crippen molar-refractivity contribution < 1.29 is 9.84 Å². The molecular formula is C18H29N3O2S. The van der Waals surface area contributed by atoms with Gasteiger partial charge in [-0.25, -0.2) is 0 Å². The van der Waals surface area contributed by atoms with Crippen molar-refractivity contribution in [3.63, 3.8) is 0 Å². The minimum Gasteiger partial charge on any atom is -0.494 e. The van der Waals surface area contributed by atoms with Crippen LogP contribution in [0.3, 0.4) is 0 Å². The first-order valence-corrected chi connectivity index (χ1v) is 9.73. The van der Waals surface area contributed by atoms with Crippen LogP contribution < -0.4 is 10.1 Å². The molecule has 1 saturated heterocycles. The highest BCUT2D eigenvalue weighted by atomic mass is 32.2. The summed E-state index contributed by atoms with van der Waals surface area (Å²) < 4.78 is 5.48. The van der Waals surface area contributed by atoms with E-state index in [9.17, 15) is 5.11 Å². The molecular weight excluding hydrogens is 322 g/mol. The number of nitrogens with one attached hydrogen (secondary N) is 1. The van der Waals surface area contributed by atoms with Gasteiger partial charge in [0.1, 0.15) is 5.75 Å². The summed E-state index contributed by atoms with van der Waals surface area (Å²) >= 11 is 1.80. The molecule has 0 aliphatic carbocycles. The summed E-state index contributed by atoms with van der Waals surface area (Å²) in [6.45, 7) is 6.73. The normalized spacial score (nSPS) is 20.9. The molecule has 0 amide bonds. The Kier molecular flexibility index (Phi) is 7.24. The van der Waals surface area contributed by atoms with Crippen LogP contribution in [0.4, 0.5) is 0 Å².